The maximum atomic E-state index is 6.63. The number of nitrogens with zero attached hydrogens (tertiary/aromatic N) is 5. The molecule has 3 aromatic rings. The van der Waals surface area contributed by atoms with Gasteiger partial charge in [-0.05, 0) is 37.5 Å². The lowest BCUT2D eigenvalue weighted by atomic mass is 10.1. The van der Waals surface area contributed by atoms with E-state index in [4.69, 9.17) is 26.1 Å². The molecule has 2 aliphatic heterocycles. The molecule has 8 heteroatoms. The first kappa shape index (κ1) is 17.8. The van der Waals surface area contributed by atoms with E-state index in [2.05, 4.69) is 15.0 Å². The summed E-state index contributed by atoms with van der Waals surface area (Å²) in [5.41, 5.74) is 2.47. The number of hydrogen-bond donors (Lipinski definition) is 0. The van der Waals surface area contributed by atoms with E-state index in [0.717, 1.165) is 67.1 Å². The zero-order valence-corrected chi connectivity index (χ0v) is 16.3. The van der Waals surface area contributed by atoms with Crippen LogP contribution in [0, 0.1) is 0 Å². The van der Waals surface area contributed by atoms with Gasteiger partial charge in [0.2, 0.25) is 0 Å². The lowest BCUT2D eigenvalue weighted by Crippen LogP contribution is -2.36. The molecule has 1 atom stereocenters. The van der Waals surface area contributed by atoms with Crippen LogP contribution in [0.5, 0.6) is 0 Å². The Morgan fingerprint density at radius 2 is 1.96 bits per heavy atom. The van der Waals surface area contributed by atoms with Gasteiger partial charge in [-0.3, -0.25) is 4.98 Å². The molecule has 0 radical (unpaired) electrons. The first-order valence-electron chi connectivity index (χ1n) is 9.75. The minimum atomic E-state index is -0.0614. The van der Waals surface area contributed by atoms with Crippen molar-refractivity contribution in [3.63, 3.8) is 0 Å². The highest BCUT2D eigenvalue weighted by Crippen LogP contribution is 2.34. The van der Waals surface area contributed by atoms with Crippen molar-refractivity contribution in [2.24, 2.45) is 0 Å². The smallest absolute Gasteiger partial charge is 0.150 e. The molecule has 2 fully saturated rings. The molecule has 28 heavy (non-hydrogen) atoms. The Labute approximate surface area is 168 Å². The van der Waals surface area contributed by atoms with Crippen molar-refractivity contribution in [2.75, 3.05) is 37.8 Å². The van der Waals surface area contributed by atoms with E-state index in [1.807, 2.05) is 22.9 Å². The predicted molar refractivity (Wildman–Crippen MR) is 108 cm³/mol. The average molecular weight is 400 g/mol. The molecule has 0 amide bonds. The van der Waals surface area contributed by atoms with Crippen molar-refractivity contribution in [3.05, 3.63) is 35.6 Å². The Balaban J connectivity index is 1.62. The van der Waals surface area contributed by atoms with E-state index in [0.29, 0.717) is 18.2 Å². The quantitative estimate of drug-likeness (QED) is 0.669. The first-order chi connectivity index (χ1) is 13.8. The molecule has 5 rings (SSSR count). The summed E-state index contributed by atoms with van der Waals surface area (Å²) < 4.78 is 13.3. The summed E-state index contributed by atoms with van der Waals surface area (Å²) in [6.07, 6.45) is 6.69. The summed E-state index contributed by atoms with van der Waals surface area (Å²) in [7, 11) is 0. The van der Waals surface area contributed by atoms with Crippen LogP contribution in [0.25, 0.3) is 22.3 Å². The van der Waals surface area contributed by atoms with Crippen molar-refractivity contribution in [1.29, 1.82) is 0 Å². The number of anilines is 1. The average Bonchev–Trinajstić information content (AvgIpc) is 3.24. The topological polar surface area (TPSA) is 65.3 Å². The van der Waals surface area contributed by atoms with E-state index in [1.54, 1.807) is 12.4 Å². The van der Waals surface area contributed by atoms with Crippen molar-refractivity contribution in [1.82, 2.24) is 19.7 Å². The number of aromatic nitrogens is 4. The highest BCUT2D eigenvalue weighted by Gasteiger charge is 2.23. The molecule has 2 saturated heterocycles. The monoisotopic (exact) mass is 399 g/mol. The minimum absolute atomic E-state index is 0.0614. The molecule has 0 spiro atoms. The van der Waals surface area contributed by atoms with E-state index >= 15 is 0 Å². The van der Waals surface area contributed by atoms with E-state index in [1.165, 1.54) is 0 Å². The zero-order chi connectivity index (χ0) is 18.9. The molecule has 0 N–H and O–H groups in total. The summed E-state index contributed by atoms with van der Waals surface area (Å²) >= 11 is 6.63. The molecule has 146 valence electrons. The number of rotatable bonds is 3. The molecular formula is C20H22ClN5O2. The molecule has 0 aliphatic carbocycles. The van der Waals surface area contributed by atoms with Crippen LogP contribution in [-0.4, -0.2) is 52.7 Å². The van der Waals surface area contributed by atoms with Gasteiger partial charge in [0.05, 0.1) is 23.9 Å². The Hall–Kier alpha value is -2.22. The van der Waals surface area contributed by atoms with Crippen molar-refractivity contribution in [2.45, 2.75) is 25.5 Å². The molecular weight excluding hydrogens is 378 g/mol. The Bertz CT molecular complexity index is 980. The highest BCUT2D eigenvalue weighted by molar-refractivity contribution is 6.35. The molecule has 0 bridgehead atoms. The van der Waals surface area contributed by atoms with Crippen LogP contribution in [0.1, 0.15) is 25.5 Å². The lowest BCUT2D eigenvalue weighted by molar-refractivity contribution is -0.0383. The third-order valence-corrected chi connectivity index (χ3v) is 5.65. The SMILES string of the molecule is Clc1cc(N2CCOCC2)nc2c(-c3ccnn3C3CCCCO3)nccc12. The van der Waals surface area contributed by atoms with Gasteiger partial charge in [0.15, 0.2) is 6.23 Å². The molecule has 7 nitrogen and oxygen atoms in total. The Kier molecular flexibility index (Phi) is 4.88. The van der Waals surface area contributed by atoms with Gasteiger partial charge < -0.3 is 14.4 Å². The Morgan fingerprint density at radius 3 is 2.79 bits per heavy atom. The molecule has 0 aromatic carbocycles. The first-order valence-corrected chi connectivity index (χ1v) is 10.1. The predicted octanol–water partition coefficient (Wildman–Crippen LogP) is 3.68. The van der Waals surface area contributed by atoms with Crippen molar-refractivity contribution in [3.8, 4) is 11.4 Å². The van der Waals surface area contributed by atoms with Crippen molar-refractivity contribution < 1.29 is 9.47 Å². The number of ether oxygens (including phenoxy) is 2. The number of hydrogen-bond acceptors (Lipinski definition) is 6. The number of halogens is 1. The standard InChI is InChI=1S/C20H22ClN5O2/c21-15-13-17(25-8-11-27-12-9-25)24-19-14(15)4-6-22-20(19)16-5-7-23-26(16)18-3-1-2-10-28-18/h4-7,13,18H,1-3,8-12H2. The second-order valence-electron chi connectivity index (χ2n) is 7.10. The zero-order valence-electron chi connectivity index (χ0n) is 15.6. The number of fused-ring (bicyclic) bond motifs is 1. The van der Waals surface area contributed by atoms with Gasteiger partial charge in [-0.15, -0.1) is 0 Å². The van der Waals surface area contributed by atoms with Crippen LogP contribution in [0.15, 0.2) is 30.6 Å². The summed E-state index contributed by atoms with van der Waals surface area (Å²) in [6, 6.07) is 5.81. The summed E-state index contributed by atoms with van der Waals surface area (Å²) in [6.45, 7) is 3.76. The van der Waals surface area contributed by atoms with Crippen LogP contribution in [0.4, 0.5) is 5.82 Å². The fourth-order valence-electron chi connectivity index (χ4n) is 3.89. The lowest BCUT2D eigenvalue weighted by Gasteiger charge is -2.28. The number of pyridine rings is 2. The summed E-state index contributed by atoms with van der Waals surface area (Å²) in [5, 5.41) is 6.09. The second-order valence-corrected chi connectivity index (χ2v) is 7.51. The third kappa shape index (κ3) is 3.23. The van der Waals surface area contributed by atoms with Gasteiger partial charge in [0, 0.05) is 37.5 Å². The van der Waals surface area contributed by atoms with E-state index in [9.17, 15) is 0 Å². The molecule has 5 heterocycles. The molecule has 2 aliphatic rings. The van der Waals surface area contributed by atoms with Crippen LogP contribution < -0.4 is 4.90 Å². The van der Waals surface area contributed by atoms with Crippen molar-refractivity contribution >= 4 is 28.3 Å². The van der Waals surface area contributed by atoms with Gasteiger partial charge >= 0.3 is 0 Å². The fraction of sp³-hybridized carbons (Fsp3) is 0.450. The molecule has 3 aromatic heterocycles. The van der Waals surface area contributed by atoms with Gasteiger partial charge in [0.1, 0.15) is 17.0 Å². The largest absolute Gasteiger partial charge is 0.378 e. The fourth-order valence-corrected chi connectivity index (χ4v) is 4.14. The van der Waals surface area contributed by atoms with Crippen LogP contribution in [0.3, 0.4) is 0 Å². The van der Waals surface area contributed by atoms with E-state index < -0.39 is 0 Å². The van der Waals surface area contributed by atoms with Gasteiger partial charge in [-0.25, -0.2) is 9.67 Å². The minimum Gasteiger partial charge on any atom is -0.378 e. The van der Waals surface area contributed by atoms with Crippen LogP contribution in [-0.2, 0) is 9.47 Å². The van der Waals surface area contributed by atoms with Crippen LogP contribution >= 0.6 is 11.6 Å². The summed E-state index contributed by atoms with van der Waals surface area (Å²) in [4.78, 5) is 11.8. The maximum Gasteiger partial charge on any atom is 0.150 e. The third-order valence-electron chi connectivity index (χ3n) is 5.34. The second kappa shape index (κ2) is 7.66. The van der Waals surface area contributed by atoms with Gasteiger partial charge in [-0.2, -0.15) is 5.10 Å². The van der Waals surface area contributed by atoms with Gasteiger partial charge in [0.25, 0.3) is 0 Å². The summed E-state index contributed by atoms with van der Waals surface area (Å²) in [5.74, 6) is 0.857. The number of morpholine rings is 1. The van der Waals surface area contributed by atoms with Crippen LogP contribution in [0.2, 0.25) is 5.02 Å². The Morgan fingerprint density at radius 1 is 1.07 bits per heavy atom. The highest BCUT2D eigenvalue weighted by atomic mass is 35.5. The molecule has 1 unspecified atom stereocenters. The van der Waals surface area contributed by atoms with E-state index in [-0.39, 0.29) is 6.23 Å². The molecule has 0 saturated carbocycles. The van der Waals surface area contributed by atoms with Gasteiger partial charge in [-0.1, -0.05) is 11.6 Å². The normalized spacial score (nSPS) is 20.6. The maximum absolute atomic E-state index is 6.63.